The Labute approximate surface area is 105 Å². The van der Waals surface area contributed by atoms with E-state index in [1.165, 1.54) is 24.3 Å². The molecule has 2 N–H and O–H groups in total. The van der Waals surface area contributed by atoms with Crippen LogP contribution in [0.15, 0.2) is 24.3 Å². The Bertz CT molecular complexity index is 500. The number of hydrogen-bond acceptors (Lipinski definition) is 3. The molecule has 1 amide bonds. The van der Waals surface area contributed by atoms with E-state index in [1.807, 2.05) is 0 Å². The number of benzene rings is 1. The lowest BCUT2D eigenvalue weighted by molar-refractivity contribution is -0.120. The molecule has 0 atom stereocenters. The minimum absolute atomic E-state index is 0.138. The highest BCUT2D eigenvalue weighted by molar-refractivity contribution is 7.88. The van der Waals surface area contributed by atoms with E-state index in [1.54, 1.807) is 0 Å². The average molecular weight is 274 g/mol. The summed E-state index contributed by atoms with van der Waals surface area (Å²) < 4.78 is 36.4. The number of nitrogens with one attached hydrogen (secondary N) is 2. The lowest BCUT2D eigenvalue weighted by atomic mass is 10.1. The Balaban J connectivity index is 2.28. The molecule has 18 heavy (non-hydrogen) atoms. The molecule has 0 saturated carbocycles. The van der Waals surface area contributed by atoms with Gasteiger partial charge in [0, 0.05) is 13.1 Å². The zero-order valence-corrected chi connectivity index (χ0v) is 10.8. The number of carbonyl (C=O) groups excluding carboxylic acids is 1. The molecule has 0 fully saturated rings. The van der Waals surface area contributed by atoms with Crippen LogP contribution in [0.25, 0.3) is 0 Å². The fourth-order valence-corrected chi connectivity index (χ4v) is 1.76. The van der Waals surface area contributed by atoms with Gasteiger partial charge < -0.3 is 5.32 Å². The predicted molar refractivity (Wildman–Crippen MR) is 66.0 cm³/mol. The molecular formula is C11H15FN2O3S. The van der Waals surface area contributed by atoms with Gasteiger partial charge in [-0.25, -0.2) is 17.5 Å². The van der Waals surface area contributed by atoms with Crippen LogP contribution < -0.4 is 10.0 Å². The molecule has 7 heteroatoms. The number of hydrogen-bond donors (Lipinski definition) is 2. The zero-order chi connectivity index (χ0) is 13.6. The Morgan fingerprint density at radius 2 is 1.83 bits per heavy atom. The van der Waals surface area contributed by atoms with Gasteiger partial charge in [0.05, 0.1) is 12.7 Å². The van der Waals surface area contributed by atoms with Gasteiger partial charge in [-0.05, 0) is 17.7 Å². The molecule has 5 nitrogen and oxygen atoms in total. The maximum Gasteiger partial charge on any atom is 0.224 e. The SMILES string of the molecule is CS(=O)(=O)NCCNC(=O)Cc1ccc(F)cc1. The highest BCUT2D eigenvalue weighted by atomic mass is 32.2. The van der Waals surface area contributed by atoms with E-state index in [9.17, 15) is 17.6 Å². The maximum atomic E-state index is 12.6. The molecule has 0 aliphatic carbocycles. The van der Waals surface area contributed by atoms with Crippen molar-refractivity contribution in [2.75, 3.05) is 19.3 Å². The van der Waals surface area contributed by atoms with Gasteiger partial charge in [-0.2, -0.15) is 0 Å². The monoisotopic (exact) mass is 274 g/mol. The molecule has 0 spiro atoms. The summed E-state index contributed by atoms with van der Waals surface area (Å²) in [6.07, 6.45) is 1.19. The number of sulfonamides is 1. The second kappa shape index (κ2) is 6.46. The number of amides is 1. The van der Waals surface area contributed by atoms with E-state index in [2.05, 4.69) is 10.0 Å². The molecule has 1 aromatic rings. The smallest absolute Gasteiger partial charge is 0.224 e. The zero-order valence-electron chi connectivity index (χ0n) is 9.94. The van der Waals surface area contributed by atoms with Crippen LogP contribution in [0.4, 0.5) is 4.39 Å². The van der Waals surface area contributed by atoms with Crippen LogP contribution in [-0.2, 0) is 21.2 Å². The normalized spacial score (nSPS) is 11.2. The first-order valence-electron chi connectivity index (χ1n) is 5.32. The van der Waals surface area contributed by atoms with Crippen molar-refractivity contribution < 1.29 is 17.6 Å². The second-order valence-corrected chi connectivity index (χ2v) is 5.65. The fraction of sp³-hybridized carbons (Fsp3) is 0.364. The molecule has 0 heterocycles. The Kier molecular flexibility index (Phi) is 5.24. The van der Waals surface area contributed by atoms with E-state index in [0.29, 0.717) is 5.56 Å². The van der Waals surface area contributed by atoms with E-state index < -0.39 is 10.0 Å². The Hall–Kier alpha value is -1.47. The first kappa shape index (κ1) is 14.6. The standard InChI is InChI=1S/C11H15FN2O3S/c1-18(16,17)14-7-6-13-11(15)8-9-2-4-10(12)5-3-9/h2-5,14H,6-8H2,1H3,(H,13,15). The van der Waals surface area contributed by atoms with Gasteiger partial charge in [-0.1, -0.05) is 12.1 Å². The summed E-state index contributed by atoms with van der Waals surface area (Å²) in [5, 5.41) is 2.56. The Morgan fingerprint density at radius 1 is 1.22 bits per heavy atom. The van der Waals surface area contributed by atoms with Crippen molar-refractivity contribution in [3.8, 4) is 0 Å². The predicted octanol–water partition coefficient (Wildman–Crippen LogP) is 0.0336. The molecule has 0 aliphatic heterocycles. The summed E-state index contributed by atoms with van der Waals surface area (Å²) in [5.41, 5.74) is 0.699. The van der Waals surface area contributed by atoms with Crippen molar-refractivity contribution in [2.45, 2.75) is 6.42 Å². The summed E-state index contributed by atoms with van der Waals surface area (Å²) in [7, 11) is -3.23. The van der Waals surface area contributed by atoms with Gasteiger partial charge in [0.25, 0.3) is 0 Å². The largest absolute Gasteiger partial charge is 0.355 e. The number of carbonyl (C=O) groups is 1. The maximum absolute atomic E-state index is 12.6. The Morgan fingerprint density at radius 3 is 2.39 bits per heavy atom. The quantitative estimate of drug-likeness (QED) is 0.719. The van der Waals surface area contributed by atoms with Gasteiger partial charge in [0.2, 0.25) is 15.9 Å². The number of halogens is 1. The molecular weight excluding hydrogens is 259 g/mol. The molecule has 1 aromatic carbocycles. The van der Waals surface area contributed by atoms with Crippen LogP contribution in [0.3, 0.4) is 0 Å². The van der Waals surface area contributed by atoms with Crippen molar-refractivity contribution in [1.29, 1.82) is 0 Å². The summed E-state index contributed by atoms with van der Waals surface area (Å²) in [6, 6.07) is 5.63. The summed E-state index contributed by atoms with van der Waals surface area (Å²) in [5.74, 6) is -0.589. The molecule has 1 rings (SSSR count). The summed E-state index contributed by atoms with van der Waals surface area (Å²) in [4.78, 5) is 11.4. The highest BCUT2D eigenvalue weighted by Crippen LogP contribution is 2.03. The number of rotatable bonds is 6. The van der Waals surface area contributed by atoms with Crippen LogP contribution in [0.1, 0.15) is 5.56 Å². The molecule has 0 aliphatic rings. The van der Waals surface area contributed by atoms with Crippen molar-refractivity contribution >= 4 is 15.9 Å². The van der Waals surface area contributed by atoms with Crippen LogP contribution in [0.2, 0.25) is 0 Å². The first-order chi connectivity index (χ1) is 8.37. The van der Waals surface area contributed by atoms with E-state index in [0.717, 1.165) is 6.26 Å². The second-order valence-electron chi connectivity index (χ2n) is 3.82. The van der Waals surface area contributed by atoms with E-state index >= 15 is 0 Å². The van der Waals surface area contributed by atoms with Gasteiger partial charge >= 0.3 is 0 Å². The lowest BCUT2D eigenvalue weighted by Gasteiger charge is -2.05. The van der Waals surface area contributed by atoms with Crippen molar-refractivity contribution in [3.05, 3.63) is 35.6 Å². The minimum atomic E-state index is -3.23. The third-order valence-electron chi connectivity index (χ3n) is 2.09. The molecule has 100 valence electrons. The summed E-state index contributed by atoms with van der Waals surface area (Å²) >= 11 is 0. The highest BCUT2D eigenvalue weighted by Gasteiger charge is 2.04. The molecule has 0 bridgehead atoms. The third kappa shape index (κ3) is 6.31. The molecule has 0 aromatic heterocycles. The molecule has 0 radical (unpaired) electrons. The minimum Gasteiger partial charge on any atom is -0.355 e. The van der Waals surface area contributed by atoms with Crippen LogP contribution >= 0.6 is 0 Å². The summed E-state index contributed by atoms with van der Waals surface area (Å²) in [6.45, 7) is 0.362. The fourth-order valence-electron chi connectivity index (χ4n) is 1.29. The van der Waals surface area contributed by atoms with Crippen molar-refractivity contribution in [3.63, 3.8) is 0 Å². The van der Waals surface area contributed by atoms with Crippen molar-refractivity contribution in [1.82, 2.24) is 10.0 Å². The third-order valence-corrected chi connectivity index (χ3v) is 2.82. The van der Waals surface area contributed by atoms with Gasteiger partial charge in [0.1, 0.15) is 5.82 Å². The first-order valence-corrected chi connectivity index (χ1v) is 7.22. The van der Waals surface area contributed by atoms with Gasteiger partial charge in [-0.15, -0.1) is 0 Å². The van der Waals surface area contributed by atoms with Crippen LogP contribution in [-0.4, -0.2) is 33.7 Å². The average Bonchev–Trinajstić information content (AvgIpc) is 2.26. The lowest BCUT2D eigenvalue weighted by Crippen LogP contribution is -2.34. The van der Waals surface area contributed by atoms with Crippen molar-refractivity contribution in [2.24, 2.45) is 0 Å². The van der Waals surface area contributed by atoms with E-state index in [-0.39, 0.29) is 31.2 Å². The van der Waals surface area contributed by atoms with Gasteiger partial charge in [0.15, 0.2) is 0 Å². The topological polar surface area (TPSA) is 75.3 Å². The van der Waals surface area contributed by atoms with Gasteiger partial charge in [-0.3, -0.25) is 4.79 Å². The molecule has 0 saturated heterocycles. The molecule has 0 unspecified atom stereocenters. The van der Waals surface area contributed by atoms with Crippen LogP contribution in [0.5, 0.6) is 0 Å². The van der Waals surface area contributed by atoms with E-state index in [4.69, 9.17) is 0 Å². The van der Waals surface area contributed by atoms with Crippen LogP contribution in [0, 0.1) is 5.82 Å².